The molecule has 3 aromatic carbocycles. The van der Waals surface area contributed by atoms with Crippen LogP contribution >= 0.6 is 39.1 Å². The number of anilines is 1. The van der Waals surface area contributed by atoms with Crippen LogP contribution in [0.2, 0.25) is 10.0 Å². The van der Waals surface area contributed by atoms with Gasteiger partial charge < -0.3 is 5.32 Å². The van der Waals surface area contributed by atoms with E-state index in [1.165, 1.54) is 0 Å². The summed E-state index contributed by atoms with van der Waals surface area (Å²) in [5.74, 6) is 0.139. The molecule has 0 fully saturated rings. The van der Waals surface area contributed by atoms with Crippen LogP contribution in [0.25, 0.3) is 17.1 Å². The van der Waals surface area contributed by atoms with Crippen molar-refractivity contribution in [2.75, 3.05) is 5.32 Å². The molecule has 0 bridgehead atoms. The van der Waals surface area contributed by atoms with Crippen molar-refractivity contribution in [1.29, 1.82) is 0 Å². The Balaban J connectivity index is 1.78. The van der Waals surface area contributed by atoms with Gasteiger partial charge in [-0.15, -0.1) is 5.10 Å². The largest absolute Gasteiger partial charge is 0.319 e. The van der Waals surface area contributed by atoms with Gasteiger partial charge in [0.25, 0.3) is 5.91 Å². The Kier molecular flexibility index (Phi) is 5.67. The predicted octanol–water partition coefficient (Wildman–Crippen LogP) is 6.26. The van der Waals surface area contributed by atoms with Crippen LogP contribution in [0, 0.1) is 0 Å². The second kappa shape index (κ2) is 8.37. The molecule has 5 nitrogen and oxygen atoms in total. The third-order valence-electron chi connectivity index (χ3n) is 4.09. The number of carbonyl (C=O) groups is 1. The van der Waals surface area contributed by atoms with Crippen LogP contribution in [0.4, 0.5) is 5.69 Å². The van der Waals surface area contributed by atoms with Gasteiger partial charge in [0.1, 0.15) is 0 Å². The SMILES string of the molecule is O=C(Nc1ccccc1)c1nc(-c2ccc(Br)cc2)n(-c2ccc(Cl)c(Cl)c2)n1. The molecule has 4 aromatic rings. The molecule has 0 unspecified atom stereocenters. The summed E-state index contributed by atoms with van der Waals surface area (Å²) in [5, 5.41) is 8.04. The zero-order valence-corrected chi connectivity index (χ0v) is 17.9. The van der Waals surface area contributed by atoms with E-state index in [0.29, 0.717) is 27.2 Å². The summed E-state index contributed by atoms with van der Waals surface area (Å²) >= 11 is 15.6. The maximum absolute atomic E-state index is 12.7. The molecule has 144 valence electrons. The van der Waals surface area contributed by atoms with Crippen LogP contribution in [0.3, 0.4) is 0 Å². The molecule has 0 spiro atoms. The van der Waals surface area contributed by atoms with E-state index in [9.17, 15) is 4.79 Å². The van der Waals surface area contributed by atoms with E-state index in [4.69, 9.17) is 23.2 Å². The monoisotopic (exact) mass is 486 g/mol. The van der Waals surface area contributed by atoms with Gasteiger partial charge >= 0.3 is 0 Å². The molecule has 1 aromatic heterocycles. The molecular weight excluding hydrogens is 475 g/mol. The van der Waals surface area contributed by atoms with Gasteiger partial charge in [-0.1, -0.05) is 69.5 Å². The number of halogens is 3. The third-order valence-corrected chi connectivity index (χ3v) is 5.36. The smallest absolute Gasteiger partial charge is 0.295 e. The van der Waals surface area contributed by atoms with E-state index in [1.54, 1.807) is 35.0 Å². The Labute approximate surface area is 185 Å². The number of carbonyl (C=O) groups excluding carboxylic acids is 1. The van der Waals surface area contributed by atoms with Crippen LogP contribution < -0.4 is 5.32 Å². The van der Waals surface area contributed by atoms with Crippen LogP contribution in [-0.2, 0) is 0 Å². The van der Waals surface area contributed by atoms with E-state index < -0.39 is 5.91 Å². The molecular formula is C21H13BrCl2N4O. The van der Waals surface area contributed by atoms with Crippen LogP contribution in [0.5, 0.6) is 0 Å². The summed E-state index contributed by atoms with van der Waals surface area (Å²) in [4.78, 5) is 17.2. The summed E-state index contributed by atoms with van der Waals surface area (Å²) < 4.78 is 2.51. The summed E-state index contributed by atoms with van der Waals surface area (Å²) in [7, 11) is 0. The fourth-order valence-electron chi connectivity index (χ4n) is 2.70. The standard InChI is InChI=1S/C21H13BrCl2N4O/c22-14-8-6-13(7-9-14)20-26-19(21(29)25-15-4-2-1-3-5-15)27-28(20)16-10-11-17(23)18(24)12-16/h1-12H,(H,25,29). The number of amides is 1. The highest BCUT2D eigenvalue weighted by atomic mass is 79.9. The first-order valence-corrected chi connectivity index (χ1v) is 10.1. The molecule has 0 aliphatic rings. The van der Waals surface area contributed by atoms with Crippen LogP contribution in [0.1, 0.15) is 10.6 Å². The number of hydrogen-bond donors (Lipinski definition) is 1. The molecule has 0 atom stereocenters. The van der Waals surface area contributed by atoms with Gasteiger partial charge in [0.15, 0.2) is 5.82 Å². The van der Waals surface area contributed by atoms with E-state index in [-0.39, 0.29) is 5.82 Å². The Morgan fingerprint density at radius 2 is 1.66 bits per heavy atom. The maximum atomic E-state index is 12.7. The Morgan fingerprint density at radius 3 is 2.34 bits per heavy atom. The molecule has 0 aliphatic heterocycles. The van der Waals surface area contributed by atoms with Gasteiger partial charge in [-0.05, 0) is 42.5 Å². The second-order valence-electron chi connectivity index (χ2n) is 6.10. The highest BCUT2D eigenvalue weighted by molar-refractivity contribution is 9.10. The first-order valence-electron chi connectivity index (χ1n) is 8.56. The van der Waals surface area contributed by atoms with Crippen molar-refractivity contribution in [3.05, 3.63) is 93.1 Å². The lowest BCUT2D eigenvalue weighted by atomic mass is 10.2. The van der Waals surface area contributed by atoms with Crippen molar-refractivity contribution in [2.45, 2.75) is 0 Å². The highest BCUT2D eigenvalue weighted by Gasteiger charge is 2.19. The van der Waals surface area contributed by atoms with Gasteiger partial charge in [-0.2, -0.15) is 0 Å². The van der Waals surface area contributed by atoms with E-state index in [0.717, 1.165) is 10.0 Å². The first-order chi connectivity index (χ1) is 14.0. The lowest BCUT2D eigenvalue weighted by Gasteiger charge is -2.07. The van der Waals surface area contributed by atoms with E-state index in [2.05, 4.69) is 31.3 Å². The lowest BCUT2D eigenvalue weighted by Crippen LogP contribution is -2.14. The van der Waals surface area contributed by atoms with Crippen molar-refractivity contribution in [3.63, 3.8) is 0 Å². The quantitative estimate of drug-likeness (QED) is 0.369. The maximum Gasteiger partial charge on any atom is 0.295 e. The van der Waals surface area contributed by atoms with Crippen LogP contribution in [-0.4, -0.2) is 20.7 Å². The molecule has 1 N–H and O–H groups in total. The minimum absolute atomic E-state index is 0.0397. The Bertz CT molecular complexity index is 1180. The summed E-state index contributed by atoms with van der Waals surface area (Å²) in [6, 6.07) is 21.8. The van der Waals surface area contributed by atoms with E-state index >= 15 is 0 Å². The number of hydrogen-bond acceptors (Lipinski definition) is 3. The van der Waals surface area contributed by atoms with Crippen molar-refractivity contribution >= 4 is 50.7 Å². The normalized spacial score (nSPS) is 10.7. The fourth-order valence-corrected chi connectivity index (χ4v) is 3.26. The van der Waals surface area contributed by atoms with Crippen LogP contribution in [0.15, 0.2) is 77.3 Å². The van der Waals surface area contributed by atoms with Gasteiger partial charge in [0.2, 0.25) is 5.82 Å². The number of para-hydroxylation sites is 1. The summed E-state index contributed by atoms with van der Waals surface area (Å²) in [6.45, 7) is 0. The number of nitrogens with one attached hydrogen (secondary N) is 1. The first kappa shape index (κ1) is 19.6. The molecule has 29 heavy (non-hydrogen) atoms. The lowest BCUT2D eigenvalue weighted by molar-refractivity contribution is 0.101. The number of nitrogens with zero attached hydrogens (tertiary/aromatic N) is 3. The predicted molar refractivity (Wildman–Crippen MR) is 119 cm³/mol. The van der Waals surface area contributed by atoms with Gasteiger partial charge in [-0.3, -0.25) is 4.79 Å². The molecule has 0 radical (unpaired) electrons. The number of aromatic nitrogens is 3. The minimum atomic E-state index is -0.409. The Hall–Kier alpha value is -2.67. The summed E-state index contributed by atoms with van der Waals surface area (Å²) in [5.41, 5.74) is 2.10. The molecule has 1 amide bonds. The minimum Gasteiger partial charge on any atom is -0.319 e. The summed E-state index contributed by atoms with van der Waals surface area (Å²) in [6.07, 6.45) is 0. The molecule has 0 saturated carbocycles. The van der Waals surface area contributed by atoms with Gasteiger partial charge in [0.05, 0.1) is 15.7 Å². The average molecular weight is 488 g/mol. The number of benzene rings is 3. The zero-order valence-electron chi connectivity index (χ0n) is 14.8. The fraction of sp³-hybridized carbons (Fsp3) is 0. The molecule has 0 saturated heterocycles. The number of rotatable bonds is 4. The van der Waals surface area contributed by atoms with E-state index in [1.807, 2.05) is 42.5 Å². The average Bonchev–Trinajstić information content (AvgIpc) is 3.17. The Morgan fingerprint density at radius 1 is 0.931 bits per heavy atom. The molecule has 1 heterocycles. The van der Waals surface area contributed by atoms with Gasteiger partial charge in [-0.25, -0.2) is 9.67 Å². The molecule has 4 rings (SSSR count). The van der Waals surface area contributed by atoms with Crippen molar-refractivity contribution in [1.82, 2.24) is 14.8 Å². The molecule has 0 aliphatic carbocycles. The van der Waals surface area contributed by atoms with Gasteiger partial charge in [0, 0.05) is 15.7 Å². The highest BCUT2D eigenvalue weighted by Crippen LogP contribution is 2.28. The third kappa shape index (κ3) is 4.34. The zero-order chi connectivity index (χ0) is 20.4. The van der Waals surface area contributed by atoms with Crippen molar-refractivity contribution in [2.24, 2.45) is 0 Å². The second-order valence-corrected chi connectivity index (χ2v) is 7.83. The van der Waals surface area contributed by atoms with Crippen molar-refractivity contribution in [3.8, 4) is 17.1 Å². The topological polar surface area (TPSA) is 59.8 Å². The molecule has 8 heteroatoms. The van der Waals surface area contributed by atoms with Crippen molar-refractivity contribution < 1.29 is 4.79 Å².